The molecule has 0 radical (unpaired) electrons. The molecule has 2 atom stereocenters. The largest absolute Gasteiger partial charge is 0.498 e. The first-order chi connectivity index (χ1) is 10.8. The third-order valence-electron chi connectivity index (χ3n) is 6.01. The molecule has 2 fully saturated rings. The molecular formula is C21H38O. The molecule has 0 aromatic rings. The molecule has 0 N–H and O–H groups in total. The fraction of sp³-hybridized carbons (Fsp3) is 0.905. The van der Waals surface area contributed by atoms with Crippen molar-refractivity contribution >= 4 is 0 Å². The van der Waals surface area contributed by atoms with Gasteiger partial charge in [0, 0.05) is 0 Å². The second kappa shape index (κ2) is 10.3. The van der Waals surface area contributed by atoms with Gasteiger partial charge in [0.25, 0.3) is 0 Å². The Morgan fingerprint density at radius 2 is 1.73 bits per heavy atom. The molecule has 2 aliphatic carbocycles. The maximum atomic E-state index is 6.00. The van der Waals surface area contributed by atoms with Crippen LogP contribution in [0.4, 0.5) is 0 Å². The van der Waals surface area contributed by atoms with Gasteiger partial charge in [0.2, 0.25) is 0 Å². The summed E-state index contributed by atoms with van der Waals surface area (Å²) in [5.74, 6) is 3.00. The molecule has 0 aliphatic heterocycles. The van der Waals surface area contributed by atoms with Crippen LogP contribution in [0.3, 0.4) is 0 Å². The lowest BCUT2D eigenvalue weighted by Crippen LogP contribution is -2.29. The zero-order chi connectivity index (χ0) is 15.6. The molecule has 0 bridgehead atoms. The minimum Gasteiger partial charge on any atom is -0.498 e. The maximum absolute atomic E-state index is 6.00. The molecule has 1 heteroatoms. The first-order valence-corrected chi connectivity index (χ1v) is 10.1. The summed E-state index contributed by atoms with van der Waals surface area (Å²) in [6, 6.07) is 0. The van der Waals surface area contributed by atoms with Gasteiger partial charge in [0.15, 0.2) is 0 Å². The van der Waals surface area contributed by atoms with E-state index in [-0.39, 0.29) is 0 Å². The summed E-state index contributed by atoms with van der Waals surface area (Å²) < 4.78 is 6.00. The Kier molecular flexibility index (Phi) is 8.41. The summed E-state index contributed by atoms with van der Waals surface area (Å²) in [4.78, 5) is 0. The van der Waals surface area contributed by atoms with Gasteiger partial charge in [-0.2, -0.15) is 0 Å². The van der Waals surface area contributed by atoms with E-state index in [1.807, 2.05) is 6.26 Å². The Labute approximate surface area is 138 Å². The number of unbranched alkanes of at least 4 members (excludes halogenated alkanes) is 2. The molecular weight excluding hydrogens is 268 g/mol. The van der Waals surface area contributed by atoms with Gasteiger partial charge in [-0.25, -0.2) is 0 Å². The topological polar surface area (TPSA) is 9.23 Å². The zero-order valence-electron chi connectivity index (χ0n) is 15.1. The van der Waals surface area contributed by atoms with E-state index < -0.39 is 0 Å². The minimum absolute atomic E-state index is 0.504. The lowest BCUT2D eigenvalue weighted by atomic mass is 9.70. The van der Waals surface area contributed by atoms with Crippen molar-refractivity contribution in [2.75, 3.05) is 0 Å². The van der Waals surface area contributed by atoms with Crippen LogP contribution in [0.1, 0.15) is 97.3 Å². The molecule has 2 saturated carbocycles. The van der Waals surface area contributed by atoms with E-state index in [1.54, 1.807) is 0 Å². The highest BCUT2D eigenvalue weighted by Gasteiger charge is 2.31. The predicted molar refractivity (Wildman–Crippen MR) is 95.9 cm³/mol. The van der Waals surface area contributed by atoms with Crippen LogP contribution in [0.2, 0.25) is 0 Å². The molecule has 0 heterocycles. The van der Waals surface area contributed by atoms with E-state index >= 15 is 0 Å². The van der Waals surface area contributed by atoms with Crippen LogP contribution >= 0.6 is 0 Å². The maximum Gasteiger partial charge on any atom is 0.0981 e. The Balaban J connectivity index is 1.69. The molecule has 1 nitrogen and oxygen atoms in total. The van der Waals surface area contributed by atoms with E-state index in [4.69, 9.17) is 4.74 Å². The van der Waals surface area contributed by atoms with Crippen LogP contribution in [0.5, 0.6) is 0 Å². The number of ether oxygens (including phenoxy) is 1. The zero-order valence-corrected chi connectivity index (χ0v) is 15.1. The van der Waals surface area contributed by atoms with E-state index in [2.05, 4.69) is 19.9 Å². The van der Waals surface area contributed by atoms with Gasteiger partial charge in [-0.05, 0) is 68.8 Å². The van der Waals surface area contributed by atoms with Crippen LogP contribution < -0.4 is 0 Å². The number of hydrogen-bond donors (Lipinski definition) is 0. The monoisotopic (exact) mass is 306 g/mol. The van der Waals surface area contributed by atoms with Gasteiger partial charge < -0.3 is 4.74 Å². The molecule has 2 unspecified atom stereocenters. The molecule has 0 aromatic carbocycles. The molecule has 0 saturated heterocycles. The molecule has 0 spiro atoms. The molecule has 0 amide bonds. The van der Waals surface area contributed by atoms with Crippen molar-refractivity contribution in [2.45, 2.75) is 103 Å². The molecule has 2 rings (SSSR count). The first-order valence-electron chi connectivity index (χ1n) is 10.1. The second-order valence-electron chi connectivity index (χ2n) is 7.77. The molecule has 2 aliphatic rings. The summed E-state index contributed by atoms with van der Waals surface area (Å²) in [7, 11) is 0. The van der Waals surface area contributed by atoms with Gasteiger partial charge in [0.05, 0.1) is 12.4 Å². The van der Waals surface area contributed by atoms with Gasteiger partial charge in [0.1, 0.15) is 0 Å². The Bertz CT molecular complexity index is 301. The highest BCUT2D eigenvalue weighted by molar-refractivity contribution is 4.84. The van der Waals surface area contributed by atoms with Crippen LogP contribution in [0.25, 0.3) is 0 Å². The van der Waals surface area contributed by atoms with Crippen LogP contribution in [-0.2, 0) is 4.74 Å². The second-order valence-corrected chi connectivity index (χ2v) is 7.77. The SMILES string of the molecule is CCC/C=C/OC1CCCC(C2CCC(CCCC)CC2)C1. The lowest BCUT2D eigenvalue weighted by Gasteiger charge is -2.38. The average molecular weight is 307 g/mol. The molecule has 128 valence electrons. The van der Waals surface area contributed by atoms with Crippen molar-refractivity contribution in [1.82, 2.24) is 0 Å². The quantitative estimate of drug-likeness (QED) is 0.444. The number of rotatable bonds is 8. The van der Waals surface area contributed by atoms with E-state index in [0.29, 0.717) is 6.10 Å². The highest BCUT2D eigenvalue weighted by atomic mass is 16.5. The highest BCUT2D eigenvalue weighted by Crippen LogP contribution is 2.41. The van der Waals surface area contributed by atoms with Crippen LogP contribution in [0.15, 0.2) is 12.3 Å². The smallest absolute Gasteiger partial charge is 0.0981 e. The standard InChI is InChI=1S/C21H38O/c1-3-5-7-16-22-21-11-8-10-20(17-21)19-14-12-18(13-15-19)9-6-4-2/h7,16,18-21H,3-6,8-15,17H2,1-2H3/b16-7+. The van der Waals surface area contributed by atoms with Gasteiger partial charge in [-0.1, -0.05) is 52.4 Å². The predicted octanol–water partition coefficient (Wildman–Crippen LogP) is 6.87. The fourth-order valence-corrected chi connectivity index (χ4v) is 4.58. The number of allylic oxidation sites excluding steroid dienone is 1. The summed E-state index contributed by atoms with van der Waals surface area (Å²) in [6.07, 6.45) is 22.8. The van der Waals surface area contributed by atoms with Crippen molar-refractivity contribution in [3.8, 4) is 0 Å². The lowest BCUT2D eigenvalue weighted by molar-refractivity contribution is 0.0510. The average Bonchev–Trinajstić information content (AvgIpc) is 2.58. The van der Waals surface area contributed by atoms with Gasteiger partial charge in [-0.3, -0.25) is 0 Å². The van der Waals surface area contributed by atoms with Crippen LogP contribution in [0, 0.1) is 17.8 Å². The van der Waals surface area contributed by atoms with E-state index in [1.165, 1.54) is 77.0 Å². The summed E-state index contributed by atoms with van der Waals surface area (Å²) in [6.45, 7) is 4.54. The van der Waals surface area contributed by atoms with Crippen molar-refractivity contribution in [2.24, 2.45) is 17.8 Å². The van der Waals surface area contributed by atoms with Crippen molar-refractivity contribution in [1.29, 1.82) is 0 Å². The van der Waals surface area contributed by atoms with E-state index in [9.17, 15) is 0 Å². The third-order valence-corrected chi connectivity index (χ3v) is 6.01. The summed E-state index contributed by atoms with van der Waals surface area (Å²) >= 11 is 0. The molecule has 0 aromatic heterocycles. The number of hydrogen-bond acceptors (Lipinski definition) is 1. The minimum atomic E-state index is 0.504. The van der Waals surface area contributed by atoms with Crippen molar-refractivity contribution in [3.63, 3.8) is 0 Å². The summed E-state index contributed by atoms with van der Waals surface area (Å²) in [5.41, 5.74) is 0. The summed E-state index contributed by atoms with van der Waals surface area (Å²) in [5, 5.41) is 0. The first kappa shape index (κ1) is 17.9. The normalized spacial score (nSPS) is 33.2. The van der Waals surface area contributed by atoms with Crippen molar-refractivity contribution < 1.29 is 4.74 Å². The van der Waals surface area contributed by atoms with Gasteiger partial charge >= 0.3 is 0 Å². The van der Waals surface area contributed by atoms with E-state index in [0.717, 1.165) is 24.2 Å². The molecule has 22 heavy (non-hydrogen) atoms. The van der Waals surface area contributed by atoms with Gasteiger partial charge in [-0.15, -0.1) is 0 Å². The van der Waals surface area contributed by atoms with Crippen LogP contribution in [-0.4, -0.2) is 6.10 Å². The Morgan fingerprint density at radius 3 is 2.45 bits per heavy atom. The Morgan fingerprint density at radius 1 is 0.909 bits per heavy atom. The Hall–Kier alpha value is -0.460. The van der Waals surface area contributed by atoms with Crippen molar-refractivity contribution in [3.05, 3.63) is 12.3 Å². The third kappa shape index (κ3) is 5.97. The fourth-order valence-electron chi connectivity index (χ4n) is 4.58.